The number of nitro groups is 1. The fourth-order valence-electron chi connectivity index (χ4n) is 3.34. The molecule has 13 heteroatoms. The van der Waals surface area contributed by atoms with Crippen molar-refractivity contribution >= 4 is 34.3 Å². The average Bonchev–Trinajstić information content (AvgIpc) is 3.28. The Morgan fingerprint density at radius 3 is 2.77 bits per heavy atom. The van der Waals surface area contributed by atoms with Crippen LogP contribution in [-0.2, 0) is 11.3 Å². The van der Waals surface area contributed by atoms with Crippen LogP contribution in [0.15, 0.2) is 30.9 Å². The van der Waals surface area contributed by atoms with Gasteiger partial charge in [0, 0.05) is 12.6 Å². The second-order valence-corrected chi connectivity index (χ2v) is 7.03. The lowest BCUT2D eigenvalue weighted by molar-refractivity contribution is -0.385. The van der Waals surface area contributed by atoms with Crippen LogP contribution in [0, 0.1) is 10.1 Å². The van der Waals surface area contributed by atoms with Gasteiger partial charge in [-0.05, 0) is 6.07 Å². The summed E-state index contributed by atoms with van der Waals surface area (Å²) >= 11 is 6.12. The van der Waals surface area contributed by atoms with Gasteiger partial charge >= 0.3 is 0 Å². The molecule has 0 saturated carbocycles. The van der Waals surface area contributed by atoms with Crippen molar-refractivity contribution in [2.24, 2.45) is 0 Å². The van der Waals surface area contributed by atoms with E-state index in [0.717, 1.165) is 0 Å². The Kier molecular flexibility index (Phi) is 5.49. The van der Waals surface area contributed by atoms with Crippen LogP contribution in [0.4, 0.5) is 11.5 Å². The summed E-state index contributed by atoms with van der Waals surface area (Å²) in [7, 11) is 0. The van der Waals surface area contributed by atoms with E-state index in [9.17, 15) is 25.4 Å². The number of hydrogen-bond acceptors (Lipinski definition) is 10. The molecule has 2 aromatic heterocycles. The van der Waals surface area contributed by atoms with Crippen molar-refractivity contribution in [1.29, 1.82) is 0 Å². The molecule has 1 fully saturated rings. The number of nitrogens with zero attached hydrogens (tertiary/aromatic N) is 5. The van der Waals surface area contributed by atoms with E-state index in [1.807, 2.05) is 0 Å². The van der Waals surface area contributed by atoms with Crippen LogP contribution in [0.1, 0.15) is 11.8 Å². The van der Waals surface area contributed by atoms with Crippen molar-refractivity contribution in [3.05, 3.63) is 51.6 Å². The highest BCUT2D eigenvalue weighted by molar-refractivity contribution is 6.31. The molecule has 4 atom stereocenters. The second kappa shape index (κ2) is 8.08. The molecular weight excluding hydrogens is 420 g/mol. The van der Waals surface area contributed by atoms with Crippen LogP contribution in [-0.4, -0.2) is 64.7 Å². The zero-order valence-corrected chi connectivity index (χ0v) is 16.0. The van der Waals surface area contributed by atoms with Crippen molar-refractivity contribution in [1.82, 2.24) is 19.5 Å². The molecule has 3 aromatic rings. The molecule has 1 aliphatic heterocycles. The zero-order chi connectivity index (χ0) is 21.4. The number of aromatic nitrogens is 4. The van der Waals surface area contributed by atoms with Crippen LogP contribution in [0.3, 0.4) is 0 Å². The lowest BCUT2D eigenvalue weighted by Crippen LogP contribution is -2.33. The van der Waals surface area contributed by atoms with Crippen molar-refractivity contribution in [3.8, 4) is 0 Å². The van der Waals surface area contributed by atoms with Crippen LogP contribution in [0.25, 0.3) is 11.2 Å². The van der Waals surface area contributed by atoms with E-state index in [0.29, 0.717) is 22.5 Å². The molecule has 0 spiro atoms. The molecule has 4 N–H and O–H groups in total. The van der Waals surface area contributed by atoms with Gasteiger partial charge in [-0.25, -0.2) is 15.0 Å². The molecule has 1 aromatic carbocycles. The highest BCUT2D eigenvalue weighted by Gasteiger charge is 2.44. The number of fused-ring (bicyclic) bond motifs is 1. The number of hydrogen-bond donors (Lipinski definition) is 4. The van der Waals surface area contributed by atoms with Crippen molar-refractivity contribution < 1.29 is 25.0 Å². The summed E-state index contributed by atoms with van der Waals surface area (Å²) < 4.78 is 6.93. The summed E-state index contributed by atoms with van der Waals surface area (Å²) in [6.07, 6.45) is -1.89. The molecular formula is C17H17ClN6O6. The maximum atomic E-state index is 11.3. The third-order valence-corrected chi connectivity index (χ3v) is 5.23. The third-order valence-electron chi connectivity index (χ3n) is 4.87. The molecule has 0 unspecified atom stereocenters. The van der Waals surface area contributed by atoms with Crippen molar-refractivity contribution in [2.45, 2.75) is 31.1 Å². The van der Waals surface area contributed by atoms with E-state index in [2.05, 4.69) is 20.3 Å². The third kappa shape index (κ3) is 3.44. The van der Waals surface area contributed by atoms with Crippen LogP contribution >= 0.6 is 11.6 Å². The smallest absolute Gasteiger partial charge is 0.275 e. The van der Waals surface area contributed by atoms with E-state index < -0.39 is 36.1 Å². The van der Waals surface area contributed by atoms with Gasteiger partial charge in [-0.3, -0.25) is 14.7 Å². The quantitative estimate of drug-likeness (QED) is 0.317. The van der Waals surface area contributed by atoms with Gasteiger partial charge < -0.3 is 25.4 Å². The summed E-state index contributed by atoms with van der Waals surface area (Å²) in [4.78, 5) is 23.3. The predicted octanol–water partition coefficient (Wildman–Crippen LogP) is 0.611. The molecule has 0 bridgehead atoms. The average molecular weight is 437 g/mol. The minimum absolute atomic E-state index is 0.0167. The molecule has 0 radical (unpaired) electrons. The first-order valence-corrected chi connectivity index (χ1v) is 9.25. The van der Waals surface area contributed by atoms with E-state index in [1.54, 1.807) is 6.07 Å². The number of imidazole rings is 1. The minimum atomic E-state index is -1.29. The summed E-state index contributed by atoms with van der Waals surface area (Å²) in [6, 6.07) is 4.40. The lowest BCUT2D eigenvalue weighted by Gasteiger charge is -2.16. The standard InChI is InChI=1S/C17H17ClN6O6/c18-9-2-1-3-10(24(28)29)8(9)4-19-15-12-16(21-6-20-15)23(7-22-12)17-14(27)13(26)11(5-25)30-17/h1-3,6-7,11,13-14,17,25-27H,4-5H2,(H,19,20,21)/t11-,13-,14-,17-/m1/s1. The largest absolute Gasteiger partial charge is 0.394 e. The van der Waals surface area contributed by atoms with Crippen molar-refractivity contribution in [2.75, 3.05) is 11.9 Å². The van der Waals surface area contributed by atoms with Gasteiger partial charge in [-0.1, -0.05) is 17.7 Å². The number of rotatable bonds is 6. The summed E-state index contributed by atoms with van der Waals surface area (Å²) in [5.74, 6) is 0.291. The minimum Gasteiger partial charge on any atom is -0.394 e. The number of nitro benzene ring substituents is 1. The number of anilines is 1. The summed E-state index contributed by atoms with van der Waals surface area (Å²) in [6.45, 7) is -0.442. The van der Waals surface area contributed by atoms with Gasteiger partial charge in [0.05, 0.1) is 28.4 Å². The van der Waals surface area contributed by atoms with Gasteiger partial charge in [0.25, 0.3) is 5.69 Å². The molecule has 30 heavy (non-hydrogen) atoms. The zero-order valence-electron chi connectivity index (χ0n) is 15.3. The fourth-order valence-corrected chi connectivity index (χ4v) is 3.58. The normalized spacial score (nSPS) is 23.7. The first-order valence-electron chi connectivity index (χ1n) is 8.88. The molecule has 1 aliphatic rings. The van der Waals surface area contributed by atoms with Gasteiger partial charge in [0.1, 0.15) is 24.6 Å². The predicted molar refractivity (Wildman–Crippen MR) is 104 cm³/mol. The number of nitrogens with one attached hydrogen (secondary N) is 1. The maximum Gasteiger partial charge on any atom is 0.275 e. The number of benzene rings is 1. The monoisotopic (exact) mass is 436 g/mol. The van der Waals surface area contributed by atoms with Gasteiger partial charge in [0.15, 0.2) is 23.2 Å². The second-order valence-electron chi connectivity index (χ2n) is 6.62. The topological polar surface area (TPSA) is 169 Å². The molecule has 3 heterocycles. The Bertz CT molecular complexity index is 1090. The lowest BCUT2D eigenvalue weighted by atomic mass is 10.1. The van der Waals surface area contributed by atoms with Crippen LogP contribution in [0.5, 0.6) is 0 Å². The Hall–Kier alpha value is -2.90. The SMILES string of the molecule is O=[N+]([O-])c1cccc(Cl)c1CNc1ncnc2c1ncn2[C@@H]1O[C@H](CO)[C@@H](O)[C@H]1O. The number of ether oxygens (including phenoxy) is 1. The van der Waals surface area contributed by atoms with E-state index >= 15 is 0 Å². The molecule has 1 saturated heterocycles. The molecule has 4 rings (SSSR count). The molecule has 0 amide bonds. The molecule has 158 valence electrons. The molecule has 0 aliphatic carbocycles. The maximum absolute atomic E-state index is 11.3. The Morgan fingerprint density at radius 2 is 2.07 bits per heavy atom. The van der Waals surface area contributed by atoms with E-state index in [-0.39, 0.29) is 17.3 Å². The van der Waals surface area contributed by atoms with Gasteiger partial charge in [-0.2, -0.15) is 0 Å². The Morgan fingerprint density at radius 1 is 1.27 bits per heavy atom. The van der Waals surface area contributed by atoms with Gasteiger partial charge in [-0.15, -0.1) is 0 Å². The Balaban J connectivity index is 1.63. The molecule has 12 nitrogen and oxygen atoms in total. The van der Waals surface area contributed by atoms with E-state index in [1.165, 1.54) is 29.4 Å². The fraction of sp³-hybridized carbons (Fsp3) is 0.353. The number of halogens is 1. The Labute approximate surface area is 173 Å². The number of aliphatic hydroxyl groups is 3. The van der Waals surface area contributed by atoms with Crippen LogP contribution in [0.2, 0.25) is 5.02 Å². The first-order chi connectivity index (χ1) is 14.4. The summed E-state index contributed by atoms with van der Waals surface area (Å²) in [5, 5.41) is 44.0. The highest BCUT2D eigenvalue weighted by atomic mass is 35.5. The number of aliphatic hydroxyl groups excluding tert-OH is 3. The first kappa shape index (κ1) is 20.4. The van der Waals surface area contributed by atoms with E-state index in [4.69, 9.17) is 16.3 Å². The van der Waals surface area contributed by atoms with Crippen molar-refractivity contribution in [3.63, 3.8) is 0 Å². The summed E-state index contributed by atoms with van der Waals surface area (Å²) in [5.41, 5.74) is 0.789. The van der Waals surface area contributed by atoms with Gasteiger partial charge in [0.2, 0.25) is 0 Å². The van der Waals surface area contributed by atoms with Crippen LogP contribution < -0.4 is 5.32 Å². The highest BCUT2D eigenvalue weighted by Crippen LogP contribution is 2.32.